The molecule has 0 aliphatic rings. The number of benzene rings is 2. The van der Waals surface area contributed by atoms with Gasteiger partial charge in [0.2, 0.25) is 0 Å². The molecule has 2 nitrogen and oxygen atoms in total. The summed E-state index contributed by atoms with van der Waals surface area (Å²) in [5, 5.41) is 5.94. The first-order chi connectivity index (χ1) is 8.29. The molecule has 0 unspecified atom stereocenters. The SMILES string of the molecule is NCCCNCc1ccc2cc(Br)ccc2c1. The Balaban J connectivity index is 2.07. The molecule has 0 saturated carbocycles. The van der Waals surface area contributed by atoms with Crippen molar-refractivity contribution in [2.75, 3.05) is 13.1 Å². The zero-order valence-corrected chi connectivity index (χ0v) is 11.3. The van der Waals surface area contributed by atoms with E-state index in [9.17, 15) is 0 Å². The van der Waals surface area contributed by atoms with Crippen LogP contribution in [0.1, 0.15) is 12.0 Å². The molecule has 90 valence electrons. The van der Waals surface area contributed by atoms with Gasteiger partial charge in [-0.25, -0.2) is 0 Å². The van der Waals surface area contributed by atoms with Gasteiger partial charge in [0, 0.05) is 11.0 Å². The van der Waals surface area contributed by atoms with Crippen molar-refractivity contribution in [3.8, 4) is 0 Å². The Morgan fingerprint density at radius 3 is 2.65 bits per heavy atom. The van der Waals surface area contributed by atoms with Crippen LogP contribution >= 0.6 is 15.9 Å². The molecule has 0 radical (unpaired) electrons. The topological polar surface area (TPSA) is 38.0 Å². The first kappa shape index (κ1) is 12.6. The number of halogens is 1. The monoisotopic (exact) mass is 292 g/mol. The average molecular weight is 293 g/mol. The van der Waals surface area contributed by atoms with Gasteiger partial charge in [-0.3, -0.25) is 0 Å². The van der Waals surface area contributed by atoms with Crippen LogP contribution in [0.25, 0.3) is 10.8 Å². The van der Waals surface area contributed by atoms with Gasteiger partial charge in [0.05, 0.1) is 0 Å². The van der Waals surface area contributed by atoms with Crippen LogP contribution in [0.15, 0.2) is 40.9 Å². The van der Waals surface area contributed by atoms with Crippen molar-refractivity contribution < 1.29 is 0 Å². The zero-order chi connectivity index (χ0) is 12.1. The van der Waals surface area contributed by atoms with E-state index in [1.54, 1.807) is 0 Å². The van der Waals surface area contributed by atoms with E-state index in [1.165, 1.54) is 16.3 Å². The van der Waals surface area contributed by atoms with Crippen LogP contribution in [-0.4, -0.2) is 13.1 Å². The molecule has 0 saturated heterocycles. The minimum Gasteiger partial charge on any atom is -0.330 e. The lowest BCUT2D eigenvalue weighted by atomic mass is 10.1. The molecule has 0 amide bonds. The normalized spacial score (nSPS) is 10.9. The van der Waals surface area contributed by atoms with Gasteiger partial charge < -0.3 is 11.1 Å². The second kappa shape index (κ2) is 6.15. The smallest absolute Gasteiger partial charge is 0.0205 e. The van der Waals surface area contributed by atoms with Gasteiger partial charge in [0.25, 0.3) is 0 Å². The van der Waals surface area contributed by atoms with E-state index in [0.29, 0.717) is 0 Å². The van der Waals surface area contributed by atoms with Gasteiger partial charge in [-0.2, -0.15) is 0 Å². The lowest BCUT2D eigenvalue weighted by Gasteiger charge is -2.06. The van der Waals surface area contributed by atoms with Crippen LogP contribution in [0, 0.1) is 0 Å². The second-order valence-corrected chi connectivity index (χ2v) is 5.06. The van der Waals surface area contributed by atoms with E-state index >= 15 is 0 Å². The van der Waals surface area contributed by atoms with Crippen molar-refractivity contribution in [2.24, 2.45) is 5.73 Å². The molecule has 0 aliphatic carbocycles. The van der Waals surface area contributed by atoms with E-state index < -0.39 is 0 Å². The minimum absolute atomic E-state index is 0.749. The van der Waals surface area contributed by atoms with Crippen LogP contribution in [0.4, 0.5) is 0 Å². The summed E-state index contributed by atoms with van der Waals surface area (Å²) in [7, 11) is 0. The molecule has 2 aromatic rings. The summed E-state index contributed by atoms with van der Waals surface area (Å²) >= 11 is 3.49. The summed E-state index contributed by atoms with van der Waals surface area (Å²) < 4.78 is 1.12. The summed E-state index contributed by atoms with van der Waals surface area (Å²) in [6.45, 7) is 2.64. The van der Waals surface area contributed by atoms with Crippen molar-refractivity contribution >= 4 is 26.7 Å². The molecule has 0 aliphatic heterocycles. The second-order valence-electron chi connectivity index (χ2n) is 4.14. The van der Waals surface area contributed by atoms with E-state index in [1.807, 2.05) is 0 Å². The quantitative estimate of drug-likeness (QED) is 0.832. The zero-order valence-electron chi connectivity index (χ0n) is 9.75. The highest BCUT2D eigenvalue weighted by Crippen LogP contribution is 2.20. The molecule has 3 N–H and O–H groups in total. The van der Waals surface area contributed by atoms with Crippen molar-refractivity contribution in [1.29, 1.82) is 0 Å². The van der Waals surface area contributed by atoms with Crippen molar-refractivity contribution in [2.45, 2.75) is 13.0 Å². The lowest BCUT2D eigenvalue weighted by molar-refractivity contribution is 0.656. The Hall–Kier alpha value is -0.900. The number of hydrogen-bond acceptors (Lipinski definition) is 2. The standard InChI is InChI=1S/C14H17BrN2/c15-14-5-4-12-8-11(2-3-13(12)9-14)10-17-7-1-6-16/h2-5,8-9,17H,1,6-7,10,16H2. The van der Waals surface area contributed by atoms with Gasteiger partial charge in [-0.1, -0.05) is 34.1 Å². The summed E-state index contributed by atoms with van der Waals surface area (Å²) in [5.74, 6) is 0. The third-order valence-corrected chi connectivity index (χ3v) is 3.25. The Kier molecular flexibility index (Phi) is 4.54. The fraction of sp³-hybridized carbons (Fsp3) is 0.286. The summed E-state index contributed by atoms with van der Waals surface area (Å²) in [4.78, 5) is 0. The van der Waals surface area contributed by atoms with Crippen molar-refractivity contribution in [3.05, 3.63) is 46.4 Å². The molecule has 0 aromatic heterocycles. The van der Waals surface area contributed by atoms with Gasteiger partial charge in [-0.05, 0) is 54.0 Å². The molecule has 0 bridgehead atoms. The summed E-state index contributed by atoms with van der Waals surface area (Å²) in [5.41, 5.74) is 6.77. The average Bonchev–Trinajstić information content (AvgIpc) is 2.35. The molecule has 0 fully saturated rings. The van der Waals surface area contributed by atoms with Crippen LogP contribution in [0.3, 0.4) is 0 Å². The number of fused-ring (bicyclic) bond motifs is 1. The highest BCUT2D eigenvalue weighted by Gasteiger charge is 1.97. The maximum atomic E-state index is 5.45. The van der Waals surface area contributed by atoms with Crippen LogP contribution in [0.2, 0.25) is 0 Å². The molecule has 17 heavy (non-hydrogen) atoms. The Bertz CT molecular complexity index is 497. The first-order valence-electron chi connectivity index (χ1n) is 5.88. The van der Waals surface area contributed by atoms with E-state index in [4.69, 9.17) is 5.73 Å². The van der Waals surface area contributed by atoms with Gasteiger partial charge >= 0.3 is 0 Å². The fourth-order valence-electron chi connectivity index (χ4n) is 1.84. The Morgan fingerprint density at radius 1 is 1.06 bits per heavy atom. The number of rotatable bonds is 5. The third-order valence-electron chi connectivity index (χ3n) is 2.75. The van der Waals surface area contributed by atoms with Gasteiger partial charge in [0.1, 0.15) is 0 Å². The van der Waals surface area contributed by atoms with E-state index in [-0.39, 0.29) is 0 Å². The van der Waals surface area contributed by atoms with Gasteiger partial charge in [0.15, 0.2) is 0 Å². The van der Waals surface area contributed by atoms with E-state index in [2.05, 4.69) is 57.6 Å². The predicted octanol–water partition coefficient (Wildman–Crippen LogP) is 3.04. The van der Waals surface area contributed by atoms with Crippen molar-refractivity contribution in [1.82, 2.24) is 5.32 Å². The third kappa shape index (κ3) is 3.53. The van der Waals surface area contributed by atoms with Gasteiger partial charge in [-0.15, -0.1) is 0 Å². The highest BCUT2D eigenvalue weighted by molar-refractivity contribution is 9.10. The number of nitrogens with one attached hydrogen (secondary N) is 1. The molecule has 0 heterocycles. The number of hydrogen-bond donors (Lipinski definition) is 2. The molecule has 0 atom stereocenters. The molecule has 3 heteroatoms. The summed E-state index contributed by atoms with van der Waals surface area (Å²) in [6.07, 6.45) is 1.03. The van der Waals surface area contributed by atoms with Crippen LogP contribution in [-0.2, 0) is 6.54 Å². The summed E-state index contributed by atoms with van der Waals surface area (Å²) in [6, 6.07) is 12.9. The maximum Gasteiger partial charge on any atom is 0.0205 e. The van der Waals surface area contributed by atoms with Crippen molar-refractivity contribution in [3.63, 3.8) is 0 Å². The molecular weight excluding hydrogens is 276 g/mol. The molecular formula is C14H17BrN2. The van der Waals surface area contributed by atoms with Crippen LogP contribution in [0.5, 0.6) is 0 Å². The minimum atomic E-state index is 0.749. The predicted molar refractivity (Wildman–Crippen MR) is 77.0 cm³/mol. The lowest BCUT2D eigenvalue weighted by Crippen LogP contribution is -2.17. The van der Waals surface area contributed by atoms with E-state index in [0.717, 1.165) is 30.5 Å². The largest absolute Gasteiger partial charge is 0.330 e. The Labute approximate surface area is 110 Å². The highest BCUT2D eigenvalue weighted by atomic mass is 79.9. The first-order valence-corrected chi connectivity index (χ1v) is 6.68. The molecule has 0 spiro atoms. The Morgan fingerprint density at radius 2 is 1.82 bits per heavy atom. The fourth-order valence-corrected chi connectivity index (χ4v) is 2.21. The maximum absolute atomic E-state index is 5.45. The molecule has 2 aromatic carbocycles. The number of nitrogens with two attached hydrogens (primary N) is 1. The molecule has 2 rings (SSSR count). The van der Waals surface area contributed by atoms with Crippen LogP contribution < -0.4 is 11.1 Å².